The number of nitrogens with zero attached hydrogens (tertiary/aromatic N) is 4. The number of piperidine rings is 1. The zero-order valence-electron chi connectivity index (χ0n) is 20.3. The topological polar surface area (TPSA) is 120 Å². The Hall–Kier alpha value is -2.54. The van der Waals surface area contributed by atoms with Crippen LogP contribution in [0.25, 0.3) is 0 Å². The smallest absolute Gasteiger partial charge is 0.251 e. The summed E-state index contributed by atoms with van der Waals surface area (Å²) in [6.45, 7) is 3.21. The Labute approximate surface area is 213 Å². The molecule has 3 heterocycles. The van der Waals surface area contributed by atoms with Crippen molar-refractivity contribution in [3.05, 3.63) is 54.2 Å². The summed E-state index contributed by atoms with van der Waals surface area (Å²) in [6, 6.07) is 11.6. The number of piperazine rings is 1. The predicted molar refractivity (Wildman–Crippen MR) is 138 cm³/mol. The summed E-state index contributed by atoms with van der Waals surface area (Å²) < 4.78 is 53.9. The van der Waals surface area contributed by atoms with E-state index in [1.54, 1.807) is 6.20 Å². The highest BCUT2D eigenvalue weighted by molar-refractivity contribution is 7.89. The van der Waals surface area contributed by atoms with E-state index >= 15 is 0 Å². The van der Waals surface area contributed by atoms with Crippen molar-refractivity contribution in [1.29, 1.82) is 0 Å². The number of anilines is 1. The van der Waals surface area contributed by atoms with E-state index in [4.69, 9.17) is 0 Å². The van der Waals surface area contributed by atoms with Crippen LogP contribution in [0.5, 0.6) is 0 Å². The minimum Gasteiger partial charge on any atom is -0.354 e. The quantitative estimate of drug-likeness (QED) is 0.484. The van der Waals surface area contributed by atoms with E-state index < -0.39 is 20.0 Å². The van der Waals surface area contributed by atoms with Gasteiger partial charge in [0.1, 0.15) is 5.82 Å². The van der Waals surface area contributed by atoms with E-state index in [9.17, 15) is 21.6 Å². The second kappa shape index (κ2) is 11.7. The van der Waals surface area contributed by atoms with Crippen molar-refractivity contribution in [2.75, 3.05) is 56.5 Å². The molecule has 2 saturated heterocycles. The predicted octanol–water partition coefficient (Wildman–Crippen LogP) is 1.53. The molecule has 36 heavy (non-hydrogen) atoms. The number of benzene rings is 1. The van der Waals surface area contributed by atoms with E-state index in [0.29, 0.717) is 44.8 Å². The Kier molecular flexibility index (Phi) is 8.60. The SMILES string of the molecule is O=C(NCCCS(=O)(=O)N1CCN(c2ccccn2)CC1)c1ccc(S(=O)(=O)N2CCCCC2)cc1. The van der Waals surface area contributed by atoms with Crippen LogP contribution >= 0.6 is 0 Å². The first-order chi connectivity index (χ1) is 17.3. The number of aromatic nitrogens is 1. The van der Waals surface area contributed by atoms with Crippen LogP contribution in [-0.4, -0.2) is 87.9 Å². The van der Waals surface area contributed by atoms with Gasteiger partial charge < -0.3 is 10.2 Å². The highest BCUT2D eigenvalue weighted by atomic mass is 32.2. The second-order valence-corrected chi connectivity index (χ2v) is 13.0. The number of pyridine rings is 1. The maximum atomic E-state index is 12.8. The summed E-state index contributed by atoms with van der Waals surface area (Å²) in [5.41, 5.74) is 0.334. The van der Waals surface area contributed by atoms with Crippen molar-refractivity contribution in [2.24, 2.45) is 0 Å². The summed E-state index contributed by atoms with van der Waals surface area (Å²) in [7, 11) is -6.97. The van der Waals surface area contributed by atoms with Crippen molar-refractivity contribution in [3.63, 3.8) is 0 Å². The summed E-state index contributed by atoms with van der Waals surface area (Å²) >= 11 is 0. The number of nitrogens with one attached hydrogen (secondary N) is 1. The molecule has 0 spiro atoms. The third-order valence-electron chi connectivity index (χ3n) is 6.54. The van der Waals surface area contributed by atoms with Crippen LogP contribution in [0.15, 0.2) is 53.6 Å². The third-order valence-corrected chi connectivity index (χ3v) is 10.4. The van der Waals surface area contributed by atoms with Gasteiger partial charge in [0.2, 0.25) is 20.0 Å². The lowest BCUT2D eigenvalue weighted by Gasteiger charge is -2.34. The molecule has 2 fully saturated rings. The Bertz CT molecular complexity index is 1220. The first-order valence-corrected chi connectivity index (χ1v) is 15.3. The molecule has 1 aromatic heterocycles. The lowest BCUT2D eigenvalue weighted by Crippen LogP contribution is -2.49. The van der Waals surface area contributed by atoms with Crippen LogP contribution in [0.1, 0.15) is 36.0 Å². The fourth-order valence-electron chi connectivity index (χ4n) is 4.46. The van der Waals surface area contributed by atoms with Crippen molar-refractivity contribution >= 4 is 31.8 Å². The molecule has 0 saturated carbocycles. The van der Waals surface area contributed by atoms with Gasteiger partial charge >= 0.3 is 0 Å². The number of sulfonamides is 2. The molecule has 0 aliphatic carbocycles. The van der Waals surface area contributed by atoms with Crippen molar-refractivity contribution in [2.45, 2.75) is 30.6 Å². The first-order valence-electron chi connectivity index (χ1n) is 12.3. The van der Waals surface area contributed by atoms with E-state index in [1.165, 1.54) is 32.9 Å². The molecule has 10 nitrogen and oxygen atoms in total. The molecule has 1 amide bonds. The van der Waals surface area contributed by atoms with Crippen LogP contribution in [0.3, 0.4) is 0 Å². The fraction of sp³-hybridized carbons (Fsp3) is 0.500. The monoisotopic (exact) mass is 535 g/mol. The average molecular weight is 536 g/mol. The molecule has 0 atom stereocenters. The highest BCUT2D eigenvalue weighted by Gasteiger charge is 2.28. The Morgan fingerprint density at radius 2 is 1.53 bits per heavy atom. The van der Waals surface area contributed by atoms with Crippen molar-refractivity contribution in [1.82, 2.24) is 18.9 Å². The maximum absolute atomic E-state index is 12.8. The Morgan fingerprint density at radius 1 is 0.833 bits per heavy atom. The van der Waals surface area contributed by atoms with Crippen LogP contribution < -0.4 is 10.2 Å². The largest absolute Gasteiger partial charge is 0.354 e. The molecule has 12 heteroatoms. The molecule has 1 aromatic carbocycles. The second-order valence-electron chi connectivity index (χ2n) is 8.99. The van der Waals surface area contributed by atoms with Gasteiger partial charge in [-0.25, -0.2) is 21.8 Å². The molecule has 2 aromatic rings. The number of amides is 1. The summed E-state index contributed by atoms with van der Waals surface area (Å²) in [4.78, 5) is 19.0. The molecule has 1 N–H and O–H groups in total. The van der Waals surface area contributed by atoms with Crippen LogP contribution in [0.2, 0.25) is 0 Å². The number of rotatable bonds is 9. The molecule has 196 valence electrons. The lowest BCUT2D eigenvalue weighted by atomic mass is 10.2. The van der Waals surface area contributed by atoms with E-state index in [1.807, 2.05) is 18.2 Å². The Balaban J connectivity index is 1.22. The molecule has 0 unspecified atom stereocenters. The van der Waals surface area contributed by atoms with E-state index in [2.05, 4.69) is 15.2 Å². The van der Waals surface area contributed by atoms with Crippen LogP contribution in [0, 0.1) is 0 Å². The minimum absolute atomic E-state index is 0.0517. The summed E-state index contributed by atoms with van der Waals surface area (Å²) in [5.74, 6) is 0.428. The van der Waals surface area contributed by atoms with Gasteiger partial charge in [0.05, 0.1) is 10.6 Å². The zero-order chi connectivity index (χ0) is 25.6. The lowest BCUT2D eigenvalue weighted by molar-refractivity contribution is 0.0953. The number of hydrogen-bond acceptors (Lipinski definition) is 7. The van der Waals surface area contributed by atoms with E-state index in [-0.39, 0.29) is 29.5 Å². The van der Waals surface area contributed by atoms with Crippen LogP contribution in [0.4, 0.5) is 5.82 Å². The molecule has 0 radical (unpaired) electrons. The molecular weight excluding hydrogens is 502 g/mol. The first kappa shape index (κ1) is 26.5. The van der Waals surface area contributed by atoms with Gasteiger partial charge in [-0.2, -0.15) is 8.61 Å². The van der Waals surface area contributed by atoms with Gasteiger partial charge in [-0.3, -0.25) is 4.79 Å². The standard InChI is InChI=1S/C24H33N5O5S2/c30-24(21-8-10-22(11-9-21)36(33,34)29-14-4-1-5-15-29)26-13-6-20-35(31,32)28-18-16-27(17-19-28)23-7-2-3-12-25-23/h2-3,7-12H,1,4-6,13-20H2,(H,26,30). The van der Waals surface area contributed by atoms with Gasteiger partial charge in [-0.15, -0.1) is 0 Å². The van der Waals surface area contributed by atoms with Gasteiger partial charge in [-0.05, 0) is 55.7 Å². The number of hydrogen-bond donors (Lipinski definition) is 1. The average Bonchev–Trinajstić information content (AvgIpc) is 2.92. The number of carbonyl (C=O) groups is 1. The minimum atomic E-state index is -3.55. The molecule has 0 bridgehead atoms. The fourth-order valence-corrected chi connectivity index (χ4v) is 7.46. The van der Waals surface area contributed by atoms with Crippen LogP contribution in [-0.2, 0) is 20.0 Å². The maximum Gasteiger partial charge on any atom is 0.251 e. The van der Waals surface area contributed by atoms with Crippen molar-refractivity contribution in [3.8, 4) is 0 Å². The van der Waals surface area contributed by atoms with Gasteiger partial charge in [0.25, 0.3) is 5.91 Å². The highest BCUT2D eigenvalue weighted by Crippen LogP contribution is 2.21. The summed E-state index contributed by atoms with van der Waals surface area (Å²) in [5, 5.41) is 2.73. The molecule has 2 aliphatic rings. The Morgan fingerprint density at radius 3 is 2.17 bits per heavy atom. The van der Waals surface area contributed by atoms with Gasteiger partial charge in [0.15, 0.2) is 0 Å². The zero-order valence-corrected chi connectivity index (χ0v) is 21.9. The summed E-state index contributed by atoms with van der Waals surface area (Å²) in [6.07, 6.45) is 4.76. The normalized spacial score (nSPS) is 18.2. The molecular formula is C24H33N5O5S2. The molecule has 2 aliphatic heterocycles. The van der Waals surface area contributed by atoms with Gasteiger partial charge in [0, 0.05) is 57.6 Å². The van der Waals surface area contributed by atoms with Gasteiger partial charge in [-0.1, -0.05) is 12.5 Å². The third kappa shape index (κ3) is 6.41. The van der Waals surface area contributed by atoms with Crippen molar-refractivity contribution < 1.29 is 21.6 Å². The number of carbonyl (C=O) groups excluding carboxylic acids is 1. The molecule has 4 rings (SSSR count). The van der Waals surface area contributed by atoms with E-state index in [0.717, 1.165) is 25.1 Å².